The van der Waals surface area contributed by atoms with Gasteiger partial charge in [0, 0.05) is 19.2 Å². The molecule has 7 heteroatoms. The number of benzene rings is 1. The van der Waals surface area contributed by atoms with E-state index in [-0.39, 0.29) is 24.5 Å². The first-order valence-electron chi connectivity index (χ1n) is 9.90. The highest BCUT2D eigenvalue weighted by atomic mass is 16.5. The van der Waals surface area contributed by atoms with Crippen LogP contribution < -0.4 is 4.74 Å². The van der Waals surface area contributed by atoms with E-state index in [1.165, 1.54) is 12.0 Å². The molecule has 0 bridgehead atoms. The van der Waals surface area contributed by atoms with E-state index in [9.17, 15) is 14.7 Å². The van der Waals surface area contributed by atoms with E-state index in [1.54, 1.807) is 43.3 Å². The number of ether oxygens (including phenoxy) is 2. The second kappa shape index (κ2) is 9.17. The van der Waals surface area contributed by atoms with Gasteiger partial charge in [-0.15, -0.1) is 0 Å². The molecule has 1 aliphatic heterocycles. The molecule has 1 unspecified atom stereocenters. The first-order chi connectivity index (χ1) is 14.3. The number of aryl methyl sites for hydroxylation is 1. The van der Waals surface area contributed by atoms with Gasteiger partial charge in [0.15, 0.2) is 0 Å². The molecule has 0 saturated carbocycles. The average Bonchev–Trinajstić information content (AvgIpc) is 3.26. The summed E-state index contributed by atoms with van der Waals surface area (Å²) in [7, 11) is 1.52. The zero-order valence-corrected chi connectivity index (χ0v) is 17.7. The van der Waals surface area contributed by atoms with E-state index in [1.807, 2.05) is 0 Å². The molecule has 7 nitrogen and oxygen atoms in total. The molecular weight excluding hydrogens is 386 g/mol. The van der Waals surface area contributed by atoms with Crippen molar-refractivity contribution in [1.82, 2.24) is 4.90 Å². The van der Waals surface area contributed by atoms with Gasteiger partial charge in [-0.1, -0.05) is 13.8 Å². The van der Waals surface area contributed by atoms with Crippen LogP contribution in [0.25, 0.3) is 5.76 Å². The number of furan rings is 1. The smallest absolute Gasteiger partial charge is 0.295 e. The fourth-order valence-electron chi connectivity index (χ4n) is 3.32. The van der Waals surface area contributed by atoms with Gasteiger partial charge in [0.05, 0.1) is 18.8 Å². The van der Waals surface area contributed by atoms with Crippen molar-refractivity contribution in [1.29, 1.82) is 0 Å². The first-order valence-corrected chi connectivity index (χ1v) is 9.90. The summed E-state index contributed by atoms with van der Waals surface area (Å²) in [6, 6.07) is 9.44. The minimum atomic E-state index is -0.814. The van der Waals surface area contributed by atoms with Crippen molar-refractivity contribution in [2.75, 3.05) is 26.9 Å². The Morgan fingerprint density at radius 2 is 1.87 bits per heavy atom. The SMILES string of the molecule is COCCN1C(=O)C(=O)/C(=C(\O)c2ccc(OCC(C)C)cc2)C1c1ccc(C)o1. The number of methoxy groups -OCH3 is 1. The van der Waals surface area contributed by atoms with Crippen LogP contribution in [0.4, 0.5) is 0 Å². The molecule has 0 aliphatic carbocycles. The summed E-state index contributed by atoms with van der Waals surface area (Å²) in [6.45, 7) is 6.92. The second-order valence-electron chi connectivity index (χ2n) is 7.66. The third-order valence-corrected chi connectivity index (χ3v) is 4.82. The number of hydrogen-bond donors (Lipinski definition) is 1. The van der Waals surface area contributed by atoms with Gasteiger partial charge in [-0.05, 0) is 49.2 Å². The maximum absolute atomic E-state index is 12.8. The second-order valence-corrected chi connectivity index (χ2v) is 7.66. The Morgan fingerprint density at radius 3 is 2.43 bits per heavy atom. The minimum Gasteiger partial charge on any atom is -0.507 e. The summed E-state index contributed by atoms with van der Waals surface area (Å²) in [5.74, 6) is 0.433. The lowest BCUT2D eigenvalue weighted by atomic mass is 9.99. The number of Topliss-reactive ketones (excluding diaryl/α,β-unsaturated/α-hetero) is 1. The monoisotopic (exact) mass is 413 g/mol. The van der Waals surface area contributed by atoms with Crippen LogP contribution in [0.15, 0.2) is 46.4 Å². The van der Waals surface area contributed by atoms with Crippen molar-refractivity contribution < 1.29 is 28.6 Å². The molecule has 160 valence electrons. The standard InChI is InChI=1S/C23H27NO6/c1-14(2)13-29-17-8-6-16(7-9-17)21(25)19-20(18-10-5-15(3)30-18)24(11-12-28-4)23(27)22(19)26/h5-10,14,20,25H,11-13H2,1-4H3/b21-19-. The lowest BCUT2D eigenvalue weighted by Crippen LogP contribution is -2.32. The van der Waals surface area contributed by atoms with Crippen molar-refractivity contribution in [3.63, 3.8) is 0 Å². The molecule has 3 rings (SSSR count). The van der Waals surface area contributed by atoms with Gasteiger partial charge in [-0.2, -0.15) is 0 Å². The molecular formula is C23H27NO6. The van der Waals surface area contributed by atoms with Crippen LogP contribution in [0, 0.1) is 12.8 Å². The van der Waals surface area contributed by atoms with Crippen LogP contribution in [-0.4, -0.2) is 48.6 Å². The molecule has 2 aromatic rings. The highest BCUT2D eigenvalue weighted by Gasteiger charge is 2.47. The number of nitrogens with zero attached hydrogens (tertiary/aromatic N) is 1. The van der Waals surface area contributed by atoms with Crippen LogP contribution in [0.1, 0.15) is 37.0 Å². The highest BCUT2D eigenvalue weighted by molar-refractivity contribution is 6.46. The molecule has 1 aromatic heterocycles. The number of amides is 1. The minimum absolute atomic E-state index is 0.00121. The van der Waals surface area contributed by atoms with E-state index in [2.05, 4.69) is 13.8 Å². The Hall–Kier alpha value is -3.06. The Bertz CT molecular complexity index is 941. The number of rotatable bonds is 8. The molecule has 1 aliphatic rings. The summed E-state index contributed by atoms with van der Waals surface area (Å²) in [5, 5.41) is 11.0. The van der Waals surface area contributed by atoms with Gasteiger partial charge in [0.1, 0.15) is 29.1 Å². The average molecular weight is 413 g/mol. The number of carbonyl (C=O) groups is 2. The summed E-state index contributed by atoms with van der Waals surface area (Å²) in [5.41, 5.74) is 0.422. The quantitative estimate of drug-likeness (QED) is 0.403. The summed E-state index contributed by atoms with van der Waals surface area (Å²) < 4.78 is 16.5. The topological polar surface area (TPSA) is 89.2 Å². The Labute approximate surface area is 175 Å². The van der Waals surface area contributed by atoms with Crippen molar-refractivity contribution >= 4 is 17.4 Å². The zero-order chi connectivity index (χ0) is 21.8. The van der Waals surface area contributed by atoms with Crippen LogP contribution >= 0.6 is 0 Å². The van der Waals surface area contributed by atoms with Crippen LogP contribution in [0.3, 0.4) is 0 Å². The molecule has 1 fully saturated rings. The molecule has 30 heavy (non-hydrogen) atoms. The third-order valence-electron chi connectivity index (χ3n) is 4.82. The van der Waals surface area contributed by atoms with Gasteiger partial charge in [0.25, 0.3) is 11.7 Å². The largest absolute Gasteiger partial charge is 0.507 e. The lowest BCUT2D eigenvalue weighted by molar-refractivity contribution is -0.140. The molecule has 2 heterocycles. The molecule has 0 radical (unpaired) electrons. The summed E-state index contributed by atoms with van der Waals surface area (Å²) in [6.07, 6.45) is 0. The Morgan fingerprint density at radius 1 is 1.17 bits per heavy atom. The number of aliphatic hydroxyl groups is 1. The highest BCUT2D eigenvalue weighted by Crippen LogP contribution is 2.40. The van der Waals surface area contributed by atoms with E-state index in [4.69, 9.17) is 13.9 Å². The maximum atomic E-state index is 12.8. The van der Waals surface area contributed by atoms with Gasteiger partial charge in [-0.25, -0.2) is 0 Å². The Kier molecular flexibility index (Phi) is 6.62. The number of ketones is 1. The molecule has 0 spiro atoms. The van der Waals surface area contributed by atoms with Crippen LogP contribution in [0.5, 0.6) is 5.75 Å². The third kappa shape index (κ3) is 4.41. The first kappa shape index (κ1) is 21.6. The normalized spacial score (nSPS) is 18.4. The van der Waals surface area contributed by atoms with Gasteiger partial charge in [0.2, 0.25) is 0 Å². The number of likely N-dealkylation sites (tertiary alicyclic amines) is 1. The van der Waals surface area contributed by atoms with Crippen molar-refractivity contribution in [2.24, 2.45) is 5.92 Å². The van der Waals surface area contributed by atoms with Gasteiger partial charge in [-0.3, -0.25) is 9.59 Å². The fourth-order valence-corrected chi connectivity index (χ4v) is 3.32. The number of hydrogen-bond acceptors (Lipinski definition) is 6. The van der Waals surface area contributed by atoms with Crippen molar-refractivity contribution in [3.8, 4) is 5.75 Å². The van der Waals surface area contributed by atoms with Gasteiger partial charge < -0.3 is 23.9 Å². The molecule has 1 atom stereocenters. The summed E-state index contributed by atoms with van der Waals surface area (Å²) >= 11 is 0. The number of aliphatic hydroxyl groups excluding tert-OH is 1. The van der Waals surface area contributed by atoms with Crippen LogP contribution in [0.2, 0.25) is 0 Å². The van der Waals surface area contributed by atoms with E-state index in [0.29, 0.717) is 35.4 Å². The van der Waals surface area contributed by atoms with E-state index in [0.717, 1.165) is 0 Å². The molecule has 1 saturated heterocycles. The molecule has 1 aromatic carbocycles. The number of carbonyl (C=O) groups excluding carboxylic acids is 2. The fraction of sp³-hybridized carbons (Fsp3) is 0.391. The van der Waals surface area contributed by atoms with Crippen LogP contribution in [-0.2, 0) is 14.3 Å². The van der Waals surface area contributed by atoms with Crippen molar-refractivity contribution in [3.05, 3.63) is 59.1 Å². The van der Waals surface area contributed by atoms with E-state index >= 15 is 0 Å². The molecule has 1 N–H and O–H groups in total. The predicted octanol–water partition coefficient (Wildman–Crippen LogP) is 3.69. The molecule has 1 amide bonds. The predicted molar refractivity (Wildman–Crippen MR) is 111 cm³/mol. The Balaban J connectivity index is 2.00. The lowest BCUT2D eigenvalue weighted by Gasteiger charge is -2.22. The van der Waals surface area contributed by atoms with Crippen molar-refractivity contribution in [2.45, 2.75) is 26.8 Å². The van der Waals surface area contributed by atoms with E-state index < -0.39 is 17.7 Å². The zero-order valence-electron chi connectivity index (χ0n) is 17.7. The summed E-state index contributed by atoms with van der Waals surface area (Å²) in [4.78, 5) is 26.8. The van der Waals surface area contributed by atoms with Gasteiger partial charge >= 0.3 is 0 Å². The maximum Gasteiger partial charge on any atom is 0.295 e.